The summed E-state index contributed by atoms with van der Waals surface area (Å²) in [5.74, 6) is -1.12. The van der Waals surface area contributed by atoms with Gasteiger partial charge in [-0.05, 0) is 65.9 Å². The first-order valence-electron chi connectivity index (χ1n) is 13.0. The van der Waals surface area contributed by atoms with Crippen LogP contribution in [0.15, 0.2) is 103 Å². The zero-order valence-corrected chi connectivity index (χ0v) is 21.7. The largest absolute Gasteiger partial charge is 0.416 e. The molecule has 0 saturated carbocycles. The van der Waals surface area contributed by atoms with Crippen LogP contribution >= 0.6 is 0 Å². The van der Waals surface area contributed by atoms with Gasteiger partial charge in [0.05, 0.1) is 11.1 Å². The maximum absolute atomic E-state index is 13.4. The first kappa shape index (κ1) is 28.3. The van der Waals surface area contributed by atoms with Gasteiger partial charge in [0.2, 0.25) is 0 Å². The second kappa shape index (κ2) is 11.3. The van der Waals surface area contributed by atoms with Gasteiger partial charge < -0.3 is 10.2 Å². The van der Waals surface area contributed by atoms with E-state index < -0.39 is 35.0 Å². The molecule has 41 heavy (non-hydrogen) atoms. The van der Waals surface area contributed by atoms with Crippen molar-refractivity contribution in [3.8, 4) is 0 Å². The number of hydrogen-bond donors (Lipinski definition) is 1. The van der Waals surface area contributed by atoms with E-state index in [1.54, 1.807) is 0 Å². The molecule has 1 heterocycles. The molecule has 0 radical (unpaired) electrons. The molecule has 1 aliphatic heterocycles. The van der Waals surface area contributed by atoms with Gasteiger partial charge in [0.15, 0.2) is 0 Å². The lowest BCUT2D eigenvalue weighted by Crippen LogP contribution is -2.42. The van der Waals surface area contributed by atoms with E-state index in [1.165, 1.54) is 4.90 Å². The number of hydrogen-bond acceptors (Lipinski definition) is 2. The molecule has 1 fully saturated rings. The molecule has 1 aliphatic rings. The van der Waals surface area contributed by atoms with E-state index in [0.717, 1.165) is 22.5 Å². The van der Waals surface area contributed by atoms with Gasteiger partial charge in [0.1, 0.15) is 0 Å². The Morgan fingerprint density at radius 2 is 1.22 bits per heavy atom. The summed E-state index contributed by atoms with van der Waals surface area (Å²) >= 11 is 0. The minimum absolute atomic E-state index is 0.0340. The summed E-state index contributed by atoms with van der Waals surface area (Å²) in [5, 5.41) is 3.37. The lowest BCUT2D eigenvalue weighted by atomic mass is 9.76. The van der Waals surface area contributed by atoms with Gasteiger partial charge in [-0.3, -0.25) is 4.79 Å². The summed E-state index contributed by atoms with van der Waals surface area (Å²) in [4.78, 5) is 14.8. The molecule has 9 heteroatoms. The van der Waals surface area contributed by atoms with E-state index in [2.05, 4.69) is 5.32 Å². The average Bonchev–Trinajstić information content (AvgIpc) is 2.96. The number of carbonyl (C=O) groups is 1. The summed E-state index contributed by atoms with van der Waals surface area (Å²) in [6.45, 7) is 0.322. The van der Waals surface area contributed by atoms with E-state index in [4.69, 9.17) is 0 Å². The Hall–Kier alpha value is -4.27. The number of carbonyl (C=O) groups excluding carboxylic acids is 1. The Morgan fingerprint density at radius 1 is 0.659 bits per heavy atom. The van der Waals surface area contributed by atoms with Crippen LogP contribution in [-0.4, -0.2) is 23.9 Å². The molecule has 3 nitrogen and oxygen atoms in total. The predicted octanol–water partition coefficient (Wildman–Crippen LogP) is 8.88. The summed E-state index contributed by atoms with van der Waals surface area (Å²) < 4.78 is 80.6. The molecule has 0 spiro atoms. The number of nitrogens with one attached hydrogen (secondary N) is 1. The van der Waals surface area contributed by atoms with Crippen LogP contribution < -0.4 is 5.32 Å². The summed E-state index contributed by atoms with van der Waals surface area (Å²) in [5.41, 5.74) is 0.0979. The number of amides is 1. The van der Waals surface area contributed by atoms with E-state index in [1.807, 2.05) is 84.9 Å². The van der Waals surface area contributed by atoms with Crippen molar-refractivity contribution < 1.29 is 31.1 Å². The lowest BCUT2D eigenvalue weighted by molar-refractivity contribution is -0.143. The van der Waals surface area contributed by atoms with Gasteiger partial charge in [-0.25, -0.2) is 0 Å². The van der Waals surface area contributed by atoms with Crippen LogP contribution in [0, 0.1) is 0 Å². The van der Waals surface area contributed by atoms with Crippen LogP contribution in [0.4, 0.5) is 37.7 Å². The van der Waals surface area contributed by atoms with Gasteiger partial charge in [0, 0.05) is 35.9 Å². The Balaban J connectivity index is 1.45. The first-order valence-corrected chi connectivity index (χ1v) is 13.0. The first-order chi connectivity index (χ1) is 19.5. The SMILES string of the molecule is O=C(c1cc(C(F)(F)F)cc(C(F)(F)F)c1)N1CCC(c2cccc(Nc3ccccc3)c2)C(c2ccccc2)C1. The highest BCUT2D eigenvalue weighted by Crippen LogP contribution is 2.42. The fraction of sp³-hybridized carbons (Fsp3) is 0.219. The predicted molar refractivity (Wildman–Crippen MR) is 145 cm³/mol. The summed E-state index contributed by atoms with van der Waals surface area (Å²) in [6.07, 6.45) is -9.59. The number of rotatable bonds is 5. The fourth-order valence-corrected chi connectivity index (χ4v) is 5.37. The number of halogens is 6. The second-order valence-corrected chi connectivity index (χ2v) is 10.1. The molecular weight excluding hydrogens is 542 g/mol. The molecule has 5 rings (SSSR count). The highest BCUT2D eigenvalue weighted by molar-refractivity contribution is 5.95. The standard InChI is InChI=1S/C32H26F6N2O/c33-31(34,35)24-16-23(17-25(19-24)32(36,37)38)30(41)40-15-14-28(29(20-40)21-8-3-1-4-9-21)22-10-7-13-27(18-22)39-26-11-5-2-6-12-26/h1-13,16-19,28-29,39H,14-15,20H2. The number of piperidine rings is 1. The van der Waals surface area contributed by atoms with Crippen LogP contribution in [0.5, 0.6) is 0 Å². The van der Waals surface area contributed by atoms with E-state index in [0.29, 0.717) is 18.6 Å². The van der Waals surface area contributed by atoms with Crippen molar-refractivity contribution in [3.63, 3.8) is 0 Å². The van der Waals surface area contributed by atoms with Gasteiger partial charge in [0.25, 0.3) is 5.91 Å². The molecule has 1 N–H and O–H groups in total. The highest BCUT2D eigenvalue weighted by atomic mass is 19.4. The van der Waals surface area contributed by atoms with Crippen LogP contribution in [0.1, 0.15) is 50.9 Å². The Bertz CT molecular complexity index is 1470. The molecule has 2 unspecified atom stereocenters. The average molecular weight is 569 g/mol. The minimum Gasteiger partial charge on any atom is -0.356 e. The third-order valence-corrected chi connectivity index (χ3v) is 7.34. The van der Waals surface area contributed by atoms with E-state index in [-0.39, 0.29) is 31.0 Å². The fourth-order valence-electron chi connectivity index (χ4n) is 5.37. The highest BCUT2D eigenvalue weighted by Gasteiger charge is 2.39. The van der Waals surface area contributed by atoms with Crippen LogP contribution in [0.25, 0.3) is 0 Å². The number of benzene rings is 4. The van der Waals surface area contributed by atoms with Crippen LogP contribution in [-0.2, 0) is 12.4 Å². The van der Waals surface area contributed by atoms with E-state index >= 15 is 0 Å². The van der Waals surface area contributed by atoms with Crippen molar-refractivity contribution in [3.05, 3.63) is 131 Å². The molecule has 0 aliphatic carbocycles. The van der Waals surface area contributed by atoms with Crippen LogP contribution in [0.3, 0.4) is 0 Å². The number of likely N-dealkylation sites (tertiary alicyclic amines) is 1. The maximum Gasteiger partial charge on any atom is 0.416 e. The number of anilines is 2. The molecule has 4 aromatic rings. The Kier molecular flexibility index (Phi) is 7.80. The Morgan fingerprint density at radius 3 is 1.83 bits per heavy atom. The maximum atomic E-state index is 13.4. The monoisotopic (exact) mass is 568 g/mol. The van der Waals surface area contributed by atoms with Gasteiger partial charge in [-0.1, -0.05) is 60.7 Å². The summed E-state index contributed by atoms with van der Waals surface area (Å²) in [6, 6.07) is 28.0. The minimum atomic E-state index is -5.03. The normalized spacial score (nSPS) is 17.8. The molecule has 212 valence electrons. The van der Waals surface area contributed by atoms with Crippen LogP contribution in [0.2, 0.25) is 0 Å². The van der Waals surface area contributed by atoms with Crippen molar-refractivity contribution >= 4 is 17.3 Å². The molecule has 0 aromatic heterocycles. The zero-order chi connectivity index (χ0) is 29.2. The molecule has 0 bridgehead atoms. The number of alkyl halides is 6. The zero-order valence-electron chi connectivity index (χ0n) is 21.7. The molecule has 2 atom stereocenters. The molecule has 1 amide bonds. The van der Waals surface area contributed by atoms with Gasteiger partial charge in [-0.2, -0.15) is 26.3 Å². The van der Waals surface area contributed by atoms with Crippen molar-refractivity contribution in [1.29, 1.82) is 0 Å². The Labute approximate surface area is 233 Å². The smallest absolute Gasteiger partial charge is 0.356 e. The number of para-hydroxylation sites is 1. The third kappa shape index (κ3) is 6.56. The van der Waals surface area contributed by atoms with Crippen molar-refractivity contribution in [2.24, 2.45) is 0 Å². The van der Waals surface area contributed by atoms with E-state index in [9.17, 15) is 31.1 Å². The topological polar surface area (TPSA) is 32.3 Å². The van der Waals surface area contributed by atoms with Crippen molar-refractivity contribution in [1.82, 2.24) is 4.90 Å². The number of nitrogens with zero attached hydrogens (tertiary/aromatic N) is 1. The van der Waals surface area contributed by atoms with Gasteiger partial charge >= 0.3 is 12.4 Å². The van der Waals surface area contributed by atoms with Crippen molar-refractivity contribution in [2.75, 3.05) is 18.4 Å². The molecule has 4 aromatic carbocycles. The second-order valence-electron chi connectivity index (χ2n) is 10.1. The lowest BCUT2D eigenvalue weighted by Gasteiger charge is -2.39. The van der Waals surface area contributed by atoms with Gasteiger partial charge in [-0.15, -0.1) is 0 Å². The third-order valence-electron chi connectivity index (χ3n) is 7.34. The molecule has 1 saturated heterocycles. The quantitative estimate of drug-likeness (QED) is 0.244. The molecular formula is C32H26F6N2O. The van der Waals surface area contributed by atoms with Crippen molar-refractivity contribution in [2.45, 2.75) is 30.6 Å². The summed E-state index contributed by atoms with van der Waals surface area (Å²) in [7, 11) is 0.